The van der Waals surface area contributed by atoms with E-state index < -0.39 is 0 Å². The minimum atomic E-state index is 0. The maximum atomic E-state index is 12.5. The lowest BCUT2D eigenvalue weighted by atomic mass is 9.98. The van der Waals surface area contributed by atoms with Gasteiger partial charge >= 0.3 is 0 Å². The molecular formula is C19H23ClN2OS. The molecule has 0 fully saturated rings. The fourth-order valence-corrected chi connectivity index (χ4v) is 3.91. The monoisotopic (exact) mass is 362 g/mol. The fraction of sp³-hybridized carbons (Fsp3) is 0.316. The first kappa shape index (κ1) is 18.8. The van der Waals surface area contributed by atoms with Gasteiger partial charge in [0, 0.05) is 28.3 Å². The number of nitrogens with zero attached hydrogens (tertiary/aromatic N) is 1. The molecule has 0 aromatic heterocycles. The van der Waals surface area contributed by atoms with Gasteiger partial charge in [-0.1, -0.05) is 36.0 Å². The molecule has 3 rings (SSSR count). The quantitative estimate of drug-likeness (QED) is 0.700. The third-order valence-electron chi connectivity index (χ3n) is 4.01. The number of halogens is 1. The molecule has 0 aliphatic carbocycles. The highest BCUT2D eigenvalue weighted by Crippen LogP contribution is 2.40. The van der Waals surface area contributed by atoms with Crippen molar-refractivity contribution in [3.8, 4) is 0 Å². The first-order valence-electron chi connectivity index (χ1n) is 7.96. The van der Waals surface area contributed by atoms with Gasteiger partial charge in [-0.15, -0.1) is 12.4 Å². The number of fused-ring (bicyclic) bond motifs is 2. The lowest BCUT2D eigenvalue weighted by Crippen LogP contribution is -2.28. The highest BCUT2D eigenvalue weighted by molar-refractivity contribution is 7.99. The van der Waals surface area contributed by atoms with Crippen LogP contribution in [0.25, 0.3) is 0 Å². The normalized spacial score (nSPS) is 12.1. The Kier molecular flexibility index (Phi) is 6.72. The Morgan fingerprint density at radius 3 is 2.67 bits per heavy atom. The number of nitrogens with one attached hydrogen (secondary N) is 1. The summed E-state index contributed by atoms with van der Waals surface area (Å²) in [6, 6.07) is 14.5. The largest absolute Gasteiger partial charge is 0.352 e. The van der Waals surface area contributed by atoms with Crippen molar-refractivity contribution in [2.45, 2.75) is 22.6 Å². The third kappa shape index (κ3) is 4.32. The minimum Gasteiger partial charge on any atom is -0.352 e. The van der Waals surface area contributed by atoms with Crippen molar-refractivity contribution in [3.63, 3.8) is 0 Å². The Hall–Kier alpha value is -1.49. The molecule has 2 aromatic rings. The zero-order valence-electron chi connectivity index (χ0n) is 14.0. The van der Waals surface area contributed by atoms with E-state index in [1.165, 1.54) is 15.4 Å². The van der Waals surface area contributed by atoms with Crippen molar-refractivity contribution in [2.24, 2.45) is 0 Å². The van der Waals surface area contributed by atoms with E-state index in [0.29, 0.717) is 6.54 Å². The van der Waals surface area contributed by atoms with Crippen LogP contribution in [0, 0.1) is 0 Å². The second-order valence-electron chi connectivity index (χ2n) is 6.08. The first-order valence-corrected chi connectivity index (χ1v) is 8.77. The van der Waals surface area contributed by atoms with Crippen molar-refractivity contribution in [2.75, 3.05) is 27.2 Å². The summed E-state index contributed by atoms with van der Waals surface area (Å²) < 4.78 is 0. The molecule has 5 heteroatoms. The molecule has 0 bridgehead atoms. The maximum absolute atomic E-state index is 12.5. The SMILES string of the molecule is CN(C)CCCNC(=O)c1cccc2c1Cc1ccccc1S2.Cl. The second-order valence-corrected chi connectivity index (χ2v) is 7.17. The van der Waals surface area contributed by atoms with Gasteiger partial charge in [0.15, 0.2) is 0 Å². The molecule has 0 saturated carbocycles. The number of hydrogen-bond acceptors (Lipinski definition) is 3. The average Bonchev–Trinajstić information content (AvgIpc) is 2.56. The lowest BCUT2D eigenvalue weighted by Gasteiger charge is -2.21. The Morgan fingerprint density at radius 1 is 1.12 bits per heavy atom. The third-order valence-corrected chi connectivity index (χ3v) is 5.23. The summed E-state index contributed by atoms with van der Waals surface area (Å²) in [5.74, 6) is 0.0422. The highest BCUT2D eigenvalue weighted by atomic mass is 35.5. The van der Waals surface area contributed by atoms with Crippen molar-refractivity contribution in [1.29, 1.82) is 0 Å². The van der Waals surface area contributed by atoms with Crippen LogP contribution in [0.1, 0.15) is 27.9 Å². The van der Waals surface area contributed by atoms with E-state index in [-0.39, 0.29) is 18.3 Å². The van der Waals surface area contributed by atoms with Crippen LogP contribution >= 0.6 is 24.2 Å². The summed E-state index contributed by atoms with van der Waals surface area (Å²) in [6.45, 7) is 1.70. The van der Waals surface area contributed by atoms with E-state index in [4.69, 9.17) is 0 Å². The summed E-state index contributed by atoms with van der Waals surface area (Å²) in [5.41, 5.74) is 3.27. The molecule has 0 atom stereocenters. The molecule has 0 spiro atoms. The number of amides is 1. The van der Waals surface area contributed by atoms with Crippen LogP contribution in [0.15, 0.2) is 52.3 Å². The van der Waals surface area contributed by atoms with Gasteiger partial charge in [-0.2, -0.15) is 0 Å². The maximum Gasteiger partial charge on any atom is 0.251 e. The van der Waals surface area contributed by atoms with Gasteiger partial charge < -0.3 is 10.2 Å². The molecule has 0 saturated heterocycles. The van der Waals surface area contributed by atoms with Crippen LogP contribution < -0.4 is 5.32 Å². The highest BCUT2D eigenvalue weighted by Gasteiger charge is 2.21. The summed E-state index contributed by atoms with van der Waals surface area (Å²) in [7, 11) is 4.09. The van der Waals surface area contributed by atoms with Gasteiger partial charge in [-0.3, -0.25) is 4.79 Å². The van der Waals surface area contributed by atoms with E-state index >= 15 is 0 Å². The molecule has 1 N–H and O–H groups in total. The van der Waals surface area contributed by atoms with Crippen molar-refractivity contribution < 1.29 is 4.79 Å². The minimum absolute atomic E-state index is 0. The molecule has 1 aliphatic heterocycles. The van der Waals surface area contributed by atoms with Crippen molar-refractivity contribution in [3.05, 3.63) is 59.2 Å². The number of carbonyl (C=O) groups is 1. The molecule has 1 heterocycles. The first-order chi connectivity index (χ1) is 11.1. The van der Waals surface area contributed by atoms with E-state index in [1.54, 1.807) is 11.8 Å². The Labute approximate surface area is 154 Å². The summed E-state index contributed by atoms with van der Waals surface area (Å²) >= 11 is 1.76. The van der Waals surface area contributed by atoms with Crippen molar-refractivity contribution >= 4 is 30.1 Å². The Balaban J connectivity index is 0.00000208. The Morgan fingerprint density at radius 2 is 1.88 bits per heavy atom. The van der Waals surface area contributed by atoms with E-state index in [9.17, 15) is 4.79 Å². The molecule has 24 heavy (non-hydrogen) atoms. The lowest BCUT2D eigenvalue weighted by molar-refractivity contribution is 0.0951. The van der Waals surface area contributed by atoms with Crippen LogP contribution in [0.5, 0.6) is 0 Å². The average molecular weight is 363 g/mol. The van der Waals surface area contributed by atoms with Crippen LogP contribution in [0.4, 0.5) is 0 Å². The van der Waals surface area contributed by atoms with Gasteiger partial charge in [0.25, 0.3) is 5.91 Å². The zero-order valence-corrected chi connectivity index (χ0v) is 15.7. The smallest absolute Gasteiger partial charge is 0.251 e. The molecule has 0 unspecified atom stereocenters. The Bertz CT molecular complexity index is 718. The zero-order chi connectivity index (χ0) is 16.2. The van der Waals surface area contributed by atoms with E-state index in [0.717, 1.165) is 30.5 Å². The molecule has 1 aliphatic rings. The molecule has 2 aromatic carbocycles. The number of carbonyl (C=O) groups excluding carboxylic acids is 1. The van der Waals surface area contributed by atoms with E-state index in [2.05, 4.69) is 40.5 Å². The second kappa shape index (κ2) is 8.56. The standard InChI is InChI=1S/C19H22N2OS.ClH/c1-21(2)12-6-11-20-19(22)15-8-5-10-18-16(15)13-14-7-3-4-9-17(14)23-18;/h3-5,7-10H,6,11-13H2,1-2H3,(H,20,22);1H. The van der Waals surface area contributed by atoms with Gasteiger partial charge in [0.2, 0.25) is 0 Å². The molecule has 0 radical (unpaired) electrons. The van der Waals surface area contributed by atoms with Gasteiger partial charge in [0.1, 0.15) is 0 Å². The number of hydrogen-bond donors (Lipinski definition) is 1. The topological polar surface area (TPSA) is 32.3 Å². The van der Waals surface area contributed by atoms with Crippen LogP contribution in [-0.4, -0.2) is 38.0 Å². The molecule has 128 valence electrons. The molecule has 3 nitrogen and oxygen atoms in total. The van der Waals surface area contributed by atoms with Crippen LogP contribution in [0.3, 0.4) is 0 Å². The van der Waals surface area contributed by atoms with Gasteiger partial charge in [-0.05, 0) is 56.4 Å². The van der Waals surface area contributed by atoms with Gasteiger partial charge in [0.05, 0.1) is 0 Å². The molecular weight excluding hydrogens is 340 g/mol. The predicted octanol–water partition coefficient (Wildman–Crippen LogP) is 3.85. The van der Waals surface area contributed by atoms with Gasteiger partial charge in [-0.25, -0.2) is 0 Å². The van der Waals surface area contributed by atoms with Crippen LogP contribution in [0.2, 0.25) is 0 Å². The predicted molar refractivity (Wildman–Crippen MR) is 103 cm³/mol. The molecule has 1 amide bonds. The number of benzene rings is 2. The summed E-state index contributed by atoms with van der Waals surface area (Å²) in [4.78, 5) is 17.2. The summed E-state index contributed by atoms with van der Waals surface area (Å²) in [5, 5.41) is 3.05. The van der Waals surface area contributed by atoms with Crippen LogP contribution in [-0.2, 0) is 6.42 Å². The number of rotatable bonds is 5. The van der Waals surface area contributed by atoms with E-state index in [1.807, 2.05) is 26.2 Å². The summed E-state index contributed by atoms with van der Waals surface area (Å²) in [6.07, 6.45) is 1.80. The fourth-order valence-electron chi connectivity index (χ4n) is 2.81. The van der Waals surface area contributed by atoms with Crippen molar-refractivity contribution in [1.82, 2.24) is 10.2 Å².